The molecule has 1 aromatic heterocycles. The van der Waals surface area contributed by atoms with Crippen molar-refractivity contribution in [3.63, 3.8) is 0 Å². The van der Waals surface area contributed by atoms with Crippen LogP contribution < -0.4 is 5.14 Å². The second-order valence-electron chi connectivity index (χ2n) is 4.98. The van der Waals surface area contributed by atoms with Crippen molar-refractivity contribution in [3.8, 4) is 16.9 Å². The van der Waals surface area contributed by atoms with Gasteiger partial charge in [-0.2, -0.15) is 5.10 Å². The summed E-state index contributed by atoms with van der Waals surface area (Å²) >= 11 is 5.92. The quantitative estimate of drug-likeness (QED) is 0.791. The van der Waals surface area contributed by atoms with Gasteiger partial charge < -0.3 is 0 Å². The van der Waals surface area contributed by atoms with E-state index in [-0.39, 0.29) is 4.90 Å². The maximum Gasteiger partial charge on any atom is 0.238 e. The molecule has 2 aromatic carbocycles. The van der Waals surface area contributed by atoms with Crippen LogP contribution in [0.1, 0.15) is 5.69 Å². The first-order valence-electron chi connectivity index (χ1n) is 6.66. The Morgan fingerprint density at radius 1 is 1.04 bits per heavy atom. The number of sulfonamides is 1. The van der Waals surface area contributed by atoms with Gasteiger partial charge in [0.2, 0.25) is 10.0 Å². The van der Waals surface area contributed by atoms with E-state index in [2.05, 4.69) is 12.0 Å². The number of hydrogen-bond acceptors (Lipinski definition) is 3. The molecule has 0 saturated heterocycles. The third kappa shape index (κ3) is 3.29. The van der Waals surface area contributed by atoms with Crippen LogP contribution in [-0.4, -0.2) is 18.2 Å². The lowest BCUT2D eigenvalue weighted by atomic mass is 10.1. The van der Waals surface area contributed by atoms with Crippen LogP contribution in [0.5, 0.6) is 0 Å². The normalized spacial score (nSPS) is 11.6. The molecule has 23 heavy (non-hydrogen) atoms. The molecule has 1 heterocycles. The molecular weight excluding hydrogens is 334 g/mol. The Labute approximate surface area is 139 Å². The number of nitrogens with two attached hydrogens (primary N) is 1. The number of halogens is 1. The van der Waals surface area contributed by atoms with Crippen LogP contribution in [0.4, 0.5) is 0 Å². The van der Waals surface area contributed by atoms with Crippen LogP contribution in [0.15, 0.2) is 59.5 Å². The lowest BCUT2D eigenvalue weighted by Gasteiger charge is -2.08. The highest BCUT2D eigenvalue weighted by molar-refractivity contribution is 7.89. The SMILES string of the molecule is [CH2]c1cc(-c2ccc(Cl)cc2)n(-c2ccc(S(N)(=O)=O)cc2)n1. The van der Waals surface area contributed by atoms with Gasteiger partial charge in [0.25, 0.3) is 0 Å². The van der Waals surface area contributed by atoms with Crippen molar-refractivity contribution in [1.82, 2.24) is 9.78 Å². The van der Waals surface area contributed by atoms with E-state index in [1.54, 1.807) is 28.9 Å². The lowest BCUT2D eigenvalue weighted by molar-refractivity contribution is 0.598. The molecule has 2 N–H and O–H groups in total. The second kappa shape index (κ2) is 5.81. The zero-order chi connectivity index (χ0) is 16.6. The van der Waals surface area contributed by atoms with Gasteiger partial charge in [-0.1, -0.05) is 23.7 Å². The fraction of sp³-hybridized carbons (Fsp3) is 0. The van der Waals surface area contributed by atoms with E-state index in [4.69, 9.17) is 16.7 Å². The minimum absolute atomic E-state index is 0.0521. The smallest absolute Gasteiger partial charge is 0.233 e. The monoisotopic (exact) mass is 346 g/mol. The van der Waals surface area contributed by atoms with Gasteiger partial charge in [0.15, 0.2) is 0 Å². The first-order valence-corrected chi connectivity index (χ1v) is 8.58. The highest BCUT2D eigenvalue weighted by atomic mass is 35.5. The standard InChI is InChI=1S/C16H13ClN3O2S/c1-11-10-16(12-2-4-13(17)5-3-12)20(19-11)14-6-8-15(9-7-14)23(18,21)22/h2-10H,1H2,(H2,18,21,22). The number of hydrogen-bond donors (Lipinski definition) is 1. The molecule has 0 fully saturated rings. The molecule has 0 bridgehead atoms. The fourth-order valence-corrected chi connectivity index (χ4v) is 2.87. The molecule has 7 heteroatoms. The van der Waals surface area contributed by atoms with Crippen molar-refractivity contribution in [1.29, 1.82) is 0 Å². The number of nitrogens with zero attached hydrogens (tertiary/aromatic N) is 2. The fourth-order valence-electron chi connectivity index (χ4n) is 2.23. The number of aromatic nitrogens is 2. The van der Waals surface area contributed by atoms with E-state index in [9.17, 15) is 8.42 Å². The maximum atomic E-state index is 11.3. The Balaban J connectivity index is 2.09. The minimum Gasteiger partial charge on any atom is -0.233 e. The van der Waals surface area contributed by atoms with E-state index in [0.717, 1.165) is 11.3 Å². The van der Waals surface area contributed by atoms with Gasteiger partial charge in [-0.3, -0.25) is 0 Å². The average Bonchev–Trinajstić information content (AvgIpc) is 2.89. The van der Waals surface area contributed by atoms with E-state index in [1.165, 1.54) is 12.1 Å². The minimum atomic E-state index is -3.72. The molecule has 3 rings (SSSR count). The predicted octanol–water partition coefficient (Wildman–Crippen LogP) is 3.02. The van der Waals surface area contributed by atoms with E-state index in [0.29, 0.717) is 16.4 Å². The van der Waals surface area contributed by atoms with Gasteiger partial charge in [0, 0.05) is 10.6 Å². The summed E-state index contributed by atoms with van der Waals surface area (Å²) in [7, 11) is -3.72. The third-order valence-electron chi connectivity index (χ3n) is 3.31. The number of rotatable bonds is 3. The Hall–Kier alpha value is -2.15. The van der Waals surface area contributed by atoms with E-state index in [1.807, 2.05) is 18.2 Å². The first-order chi connectivity index (χ1) is 10.8. The molecule has 0 saturated carbocycles. The van der Waals surface area contributed by atoms with Gasteiger partial charge >= 0.3 is 0 Å². The van der Waals surface area contributed by atoms with Crippen LogP contribution in [0, 0.1) is 6.92 Å². The number of primary sulfonamides is 1. The predicted molar refractivity (Wildman–Crippen MR) is 89.8 cm³/mol. The summed E-state index contributed by atoms with van der Waals surface area (Å²) in [5.74, 6) is 0. The second-order valence-corrected chi connectivity index (χ2v) is 6.98. The highest BCUT2D eigenvalue weighted by Crippen LogP contribution is 2.25. The third-order valence-corrected chi connectivity index (χ3v) is 4.49. The molecule has 5 nitrogen and oxygen atoms in total. The van der Waals surface area contributed by atoms with Crippen molar-refractivity contribution in [2.45, 2.75) is 4.90 Å². The van der Waals surface area contributed by atoms with E-state index < -0.39 is 10.0 Å². The van der Waals surface area contributed by atoms with Crippen molar-refractivity contribution in [2.75, 3.05) is 0 Å². The Morgan fingerprint density at radius 2 is 1.65 bits per heavy atom. The molecule has 0 spiro atoms. The molecule has 0 aliphatic carbocycles. The summed E-state index contributed by atoms with van der Waals surface area (Å²) in [4.78, 5) is 0.0521. The first kappa shape index (κ1) is 15.7. The highest BCUT2D eigenvalue weighted by Gasteiger charge is 2.12. The van der Waals surface area contributed by atoms with Gasteiger partial charge in [-0.15, -0.1) is 0 Å². The molecule has 1 radical (unpaired) electrons. The summed E-state index contributed by atoms with van der Waals surface area (Å²) in [6.07, 6.45) is 0. The Kier molecular flexibility index (Phi) is 3.97. The van der Waals surface area contributed by atoms with Crippen molar-refractivity contribution in [3.05, 3.63) is 72.2 Å². The Bertz CT molecular complexity index is 946. The van der Waals surface area contributed by atoms with E-state index >= 15 is 0 Å². The molecule has 0 aliphatic rings. The van der Waals surface area contributed by atoms with Crippen LogP contribution in [0.25, 0.3) is 16.9 Å². The van der Waals surface area contributed by atoms with Crippen molar-refractivity contribution in [2.24, 2.45) is 5.14 Å². The van der Waals surface area contributed by atoms with Gasteiger partial charge in [-0.05, 0) is 49.4 Å². The van der Waals surface area contributed by atoms with Gasteiger partial charge in [0.05, 0.1) is 22.0 Å². The average molecular weight is 347 g/mol. The van der Waals surface area contributed by atoms with Gasteiger partial charge in [-0.25, -0.2) is 18.2 Å². The summed E-state index contributed by atoms with van der Waals surface area (Å²) < 4.78 is 24.4. The summed E-state index contributed by atoms with van der Waals surface area (Å²) in [6, 6.07) is 15.4. The van der Waals surface area contributed by atoms with Crippen molar-refractivity contribution < 1.29 is 8.42 Å². The molecule has 0 amide bonds. The largest absolute Gasteiger partial charge is 0.238 e. The molecule has 3 aromatic rings. The number of benzene rings is 2. The molecule has 0 atom stereocenters. The summed E-state index contributed by atoms with van der Waals surface area (Å²) in [5, 5.41) is 10.1. The molecule has 0 unspecified atom stereocenters. The summed E-state index contributed by atoms with van der Waals surface area (Å²) in [5.41, 5.74) is 3.06. The zero-order valence-corrected chi connectivity index (χ0v) is 13.6. The molecule has 0 aliphatic heterocycles. The van der Waals surface area contributed by atoms with Crippen LogP contribution in [0.3, 0.4) is 0 Å². The van der Waals surface area contributed by atoms with Crippen LogP contribution in [-0.2, 0) is 10.0 Å². The maximum absolute atomic E-state index is 11.3. The summed E-state index contributed by atoms with van der Waals surface area (Å²) in [6.45, 7) is 3.85. The lowest BCUT2D eigenvalue weighted by Crippen LogP contribution is -2.12. The van der Waals surface area contributed by atoms with Gasteiger partial charge in [0.1, 0.15) is 0 Å². The van der Waals surface area contributed by atoms with Crippen LogP contribution in [0.2, 0.25) is 5.02 Å². The van der Waals surface area contributed by atoms with Crippen molar-refractivity contribution >= 4 is 21.6 Å². The topological polar surface area (TPSA) is 78.0 Å². The molecule has 117 valence electrons. The Morgan fingerprint density at radius 3 is 2.22 bits per heavy atom. The zero-order valence-electron chi connectivity index (χ0n) is 12.0. The van der Waals surface area contributed by atoms with Crippen LogP contribution >= 0.6 is 11.6 Å². The molecular formula is C16H13ClN3O2S.